The number of methoxy groups -OCH3 is 1. The fourth-order valence-corrected chi connectivity index (χ4v) is 6.10. The van der Waals surface area contributed by atoms with Crippen molar-refractivity contribution in [2.45, 2.75) is 62.7 Å². The number of amides is 1. The number of pyridine rings is 1. The second kappa shape index (κ2) is 11.7. The van der Waals surface area contributed by atoms with Crippen LogP contribution in [0.3, 0.4) is 0 Å². The molecule has 36 heavy (non-hydrogen) atoms. The van der Waals surface area contributed by atoms with Crippen molar-refractivity contribution in [1.82, 2.24) is 14.8 Å². The molecule has 2 aromatic rings. The zero-order valence-corrected chi connectivity index (χ0v) is 21.5. The summed E-state index contributed by atoms with van der Waals surface area (Å²) in [6.07, 6.45) is 10.5. The largest absolute Gasteiger partial charge is 0.379 e. The van der Waals surface area contributed by atoms with Gasteiger partial charge in [-0.1, -0.05) is 30.7 Å². The van der Waals surface area contributed by atoms with E-state index in [2.05, 4.69) is 39.5 Å². The lowest BCUT2D eigenvalue weighted by atomic mass is 9.84. The number of ether oxygens (including phenoxy) is 2. The molecule has 2 saturated heterocycles. The molecule has 1 aromatic carbocycles. The van der Waals surface area contributed by atoms with Crippen LogP contribution in [0, 0.1) is 0 Å². The van der Waals surface area contributed by atoms with Crippen LogP contribution in [0.25, 0.3) is 0 Å². The Bertz CT molecular complexity index is 987. The number of nitrogens with one attached hydrogen (secondary N) is 1. The number of aromatic nitrogens is 1. The zero-order chi connectivity index (χ0) is 24.8. The van der Waals surface area contributed by atoms with E-state index < -0.39 is 11.7 Å². The predicted molar refractivity (Wildman–Crippen MR) is 141 cm³/mol. The number of likely N-dealkylation sites (tertiary alicyclic amines) is 2. The van der Waals surface area contributed by atoms with Gasteiger partial charge in [-0.3, -0.25) is 9.78 Å². The van der Waals surface area contributed by atoms with Crippen LogP contribution < -0.4 is 5.32 Å². The molecular formula is C29H40N4O3. The minimum absolute atomic E-state index is 0.0248. The number of rotatable bonds is 8. The second-order valence-electron chi connectivity index (χ2n) is 10.4. The summed E-state index contributed by atoms with van der Waals surface area (Å²) in [5, 5.41) is 3.56. The van der Waals surface area contributed by atoms with E-state index in [9.17, 15) is 4.79 Å². The molecule has 2 unspecified atom stereocenters. The van der Waals surface area contributed by atoms with Gasteiger partial charge in [-0.25, -0.2) is 0 Å². The third kappa shape index (κ3) is 5.58. The van der Waals surface area contributed by atoms with Gasteiger partial charge >= 0.3 is 0 Å². The molecule has 0 bridgehead atoms. The van der Waals surface area contributed by atoms with E-state index in [-0.39, 0.29) is 11.9 Å². The molecule has 0 spiro atoms. The first-order valence-corrected chi connectivity index (χ1v) is 13.6. The van der Waals surface area contributed by atoms with Gasteiger partial charge in [0.05, 0.1) is 18.2 Å². The van der Waals surface area contributed by atoms with Gasteiger partial charge in [-0.2, -0.15) is 0 Å². The van der Waals surface area contributed by atoms with Gasteiger partial charge in [0.2, 0.25) is 0 Å². The third-order valence-electron chi connectivity index (χ3n) is 8.25. The Morgan fingerprint density at radius 2 is 1.92 bits per heavy atom. The van der Waals surface area contributed by atoms with E-state index in [0.717, 1.165) is 43.5 Å². The van der Waals surface area contributed by atoms with Gasteiger partial charge in [0.15, 0.2) is 6.10 Å². The Balaban J connectivity index is 1.22. The van der Waals surface area contributed by atoms with Crippen molar-refractivity contribution in [3.63, 3.8) is 0 Å². The number of carbonyl (C=O) groups excluding carboxylic acids is 1. The van der Waals surface area contributed by atoms with Crippen molar-refractivity contribution < 1.29 is 14.3 Å². The van der Waals surface area contributed by atoms with E-state index >= 15 is 0 Å². The molecule has 2 fully saturated rings. The quantitative estimate of drug-likeness (QED) is 0.604. The predicted octanol–water partition coefficient (Wildman–Crippen LogP) is 3.84. The van der Waals surface area contributed by atoms with Crippen molar-refractivity contribution in [1.29, 1.82) is 0 Å². The Kier molecular flexibility index (Phi) is 8.19. The van der Waals surface area contributed by atoms with E-state index in [1.165, 1.54) is 37.9 Å². The second-order valence-corrected chi connectivity index (χ2v) is 10.4. The maximum atomic E-state index is 13.6. The Morgan fingerprint density at radius 1 is 1.11 bits per heavy atom. The summed E-state index contributed by atoms with van der Waals surface area (Å²) in [6, 6.07) is 12.4. The number of hydrogen-bond donors (Lipinski definition) is 1. The third-order valence-corrected chi connectivity index (χ3v) is 8.25. The Morgan fingerprint density at radius 3 is 2.67 bits per heavy atom. The molecule has 3 aliphatic rings. The highest BCUT2D eigenvalue weighted by Crippen LogP contribution is 2.37. The summed E-state index contributed by atoms with van der Waals surface area (Å²) >= 11 is 0. The van der Waals surface area contributed by atoms with Gasteiger partial charge < -0.3 is 24.6 Å². The maximum absolute atomic E-state index is 13.6. The van der Waals surface area contributed by atoms with Crippen molar-refractivity contribution >= 4 is 11.6 Å². The van der Waals surface area contributed by atoms with E-state index in [1.54, 1.807) is 7.11 Å². The average Bonchev–Trinajstić information content (AvgIpc) is 2.95. The summed E-state index contributed by atoms with van der Waals surface area (Å²) in [5.74, 6) is 0.0717. The SMILES string of the molecule is COC(C(=O)N1CCC(OCCN2CCCCC2)(c2cccnc2)CC1)C1CCc2ccccc2N1. The first-order valence-electron chi connectivity index (χ1n) is 13.6. The average molecular weight is 493 g/mol. The summed E-state index contributed by atoms with van der Waals surface area (Å²) in [5.41, 5.74) is 3.13. The number of nitrogens with zero attached hydrogens (tertiary/aromatic N) is 3. The van der Waals surface area contributed by atoms with Gasteiger partial charge in [0, 0.05) is 50.4 Å². The number of benzene rings is 1. The minimum atomic E-state index is -0.496. The summed E-state index contributed by atoms with van der Waals surface area (Å²) in [6.45, 7) is 5.31. The van der Waals surface area contributed by atoms with E-state index in [1.807, 2.05) is 29.4 Å². The van der Waals surface area contributed by atoms with Gasteiger partial charge in [0.1, 0.15) is 0 Å². The molecule has 0 aliphatic carbocycles. The van der Waals surface area contributed by atoms with Crippen LogP contribution in [0.2, 0.25) is 0 Å². The van der Waals surface area contributed by atoms with E-state index in [4.69, 9.17) is 9.47 Å². The van der Waals surface area contributed by atoms with Crippen LogP contribution in [0.15, 0.2) is 48.8 Å². The van der Waals surface area contributed by atoms with Crippen molar-refractivity contribution in [3.05, 3.63) is 59.9 Å². The monoisotopic (exact) mass is 492 g/mol. The van der Waals surface area contributed by atoms with Crippen LogP contribution in [-0.2, 0) is 26.3 Å². The highest BCUT2D eigenvalue weighted by atomic mass is 16.5. The maximum Gasteiger partial charge on any atom is 0.253 e. The standard InChI is InChI=1S/C29H40N4O3/c1-35-27(26-12-11-23-8-3-4-10-25(23)31-26)28(34)33-18-13-29(14-19-33,24-9-7-15-30-22-24)36-21-20-32-16-5-2-6-17-32/h3-4,7-10,15,22,26-27,31H,2,5-6,11-14,16-21H2,1H3. The Labute approximate surface area is 215 Å². The topological polar surface area (TPSA) is 66.9 Å². The number of fused-ring (bicyclic) bond motifs is 1. The molecule has 0 radical (unpaired) electrons. The highest BCUT2D eigenvalue weighted by molar-refractivity contribution is 5.82. The van der Waals surface area contributed by atoms with Crippen LogP contribution in [0.1, 0.15) is 49.7 Å². The highest BCUT2D eigenvalue weighted by Gasteiger charge is 2.41. The number of carbonyl (C=O) groups is 1. The number of anilines is 1. The van der Waals surface area contributed by atoms with Crippen LogP contribution in [0.4, 0.5) is 5.69 Å². The lowest BCUT2D eigenvalue weighted by molar-refractivity contribution is -0.151. The summed E-state index contributed by atoms with van der Waals surface area (Å²) < 4.78 is 12.5. The minimum Gasteiger partial charge on any atom is -0.379 e. The molecule has 7 heteroatoms. The molecule has 3 aliphatic heterocycles. The molecule has 1 aromatic heterocycles. The molecule has 194 valence electrons. The number of hydrogen-bond acceptors (Lipinski definition) is 6. The van der Waals surface area contributed by atoms with Gasteiger partial charge in [-0.05, 0) is 69.3 Å². The van der Waals surface area contributed by atoms with Crippen LogP contribution in [-0.4, -0.2) is 79.3 Å². The number of aryl methyl sites for hydroxylation is 1. The van der Waals surface area contributed by atoms with Gasteiger partial charge in [-0.15, -0.1) is 0 Å². The molecule has 4 heterocycles. The fraction of sp³-hybridized carbons (Fsp3) is 0.586. The summed E-state index contributed by atoms with van der Waals surface area (Å²) in [4.78, 5) is 22.5. The molecule has 7 nitrogen and oxygen atoms in total. The van der Waals surface area contributed by atoms with Crippen LogP contribution in [0.5, 0.6) is 0 Å². The smallest absolute Gasteiger partial charge is 0.253 e. The number of para-hydroxylation sites is 1. The summed E-state index contributed by atoms with van der Waals surface area (Å²) in [7, 11) is 1.65. The first-order chi connectivity index (χ1) is 17.7. The first kappa shape index (κ1) is 25.2. The van der Waals surface area contributed by atoms with E-state index in [0.29, 0.717) is 19.7 Å². The lowest BCUT2D eigenvalue weighted by Crippen LogP contribution is -2.54. The molecule has 5 rings (SSSR count). The molecule has 2 atom stereocenters. The fourth-order valence-electron chi connectivity index (χ4n) is 6.10. The van der Waals surface area contributed by atoms with Crippen molar-refractivity contribution in [2.24, 2.45) is 0 Å². The lowest BCUT2D eigenvalue weighted by Gasteiger charge is -2.43. The van der Waals surface area contributed by atoms with Crippen LogP contribution >= 0.6 is 0 Å². The molecular weight excluding hydrogens is 452 g/mol. The zero-order valence-electron chi connectivity index (χ0n) is 21.5. The molecule has 1 N–H and O–H groups in total. The van der Waals surface area contributed by atoms with Crippen molar-refractivity contribution in [3.8, 4) is 0 Å². The van der Waals surface area contributed by atoms with Gasteiger partial charge in [0.25, 0.3) is 5.91 Å². The molecule has 1 amide bonds. The normalized spacial score (nSPS) is 22.9. The van der Waals surface area contributed by atoms with Crippen molar-refractivity contribution in [2.75, 3.05) is 51.8 Å². The number of piperidine rings is 2. The Hall–Kier alpha value is -2.48. The molecule has 0 saturated carbocycles.